The van der Waals surface area contributed by atoms with E-state index in [4.69, 9.17) is 11.0 Å². The van der Waals surface area contributed by atoms with Crippen molar-refractivity contribution in [2.24, 2.45) is 5.92 Å². The van der Waals surface area contributed by atoms with Crippen molar-refractivity contribution in [1.82, 2.24) is 9.78 Å². The minimum atomic E-state index is 0.335. The molecule has 0 aliphatic heterocycles. The molecule has 0 amide bonds. The van der Waals surface area contributed by atoms with Crippen molar-refractivity contribution in [3.05, 3.63) is 11.8 Å². The number of nitriles is 1. The van der Waals surface area contributed by atoms with E-state index >= 15 is 0 Å². The van der Waals surface area contributed by atoms with Gasteiger partial charge in [-0.3, -0.25) is 0 Å². The van der Waals surface area contributed by atoms with Gasteiger partial charge in [-0.25, -0.2) is 4.68 Å². The Morgan fingerprint density at radius 1 is 1.77 bits per heavy atom. The maximum absolute atomic E-state index is 8.68. The van der Waals surface area contributed by atoms with E-state index in [0.29, 0.717) is 23.3 Å². The van der Waals surface area contributed by atoms with E-state index in [1.54, 1.807) is 4.68 Å². The molecule has 1 atom stereocenters. The second-order valence-electron chi connectivity index (χ2n) is 3.58. The Bertz CT molecular complexity index is 356. The summed E-state index contributed by atoms with van der Waals surface area (Å²) < 4.78 is 1.76. The molecule has 2 rings (SSSR count). The summed E-state index contributed by atoms with van der Waals surface area (Å²) in [5.74, 6) is 1.20. The topological polar surface area (TPSA) is 67.6 Å². The lowest BCUT2D eigenvalue weighted by Crippen LogP contribution is -2.11. The molecule has 1 aliphatic carbocycles. The van der Waals surface area contributed by atoms with Gasteiger partial charge in [-0.2, -0.15) is 10.4 Å². The van der Waals surface area contributed by atoms with Crippen molar-refractivity contribution in [3.63, 3.8) is 0 Å². The molecular formula is C9H12N4. The summed E-state index contributed by atoms with van der Waals surface area (Å²) in [6.07, 6.45) is 4.04. The van der Waals surface area contributed by atoms with Crippen LogP contribution in [0.2, 0.25) is 0 Å². The third-order valence-corrected chi connectivity index (χ3v) is 2.64. The highest BCUT2D eigenvalue weighted by Crippen LogP contribution is 2.40. The zero-order valence-corrected chi connectivity index (χ0v) is 7.57. The van der Waals surface area contributed by atoms with Gasteiger partial charge in [0, 0.05) is 0 Å². The second-order valence-corrected chi connectivity index (χ2v) is 3.58. The van der Waals surface area contributed by atoms with Crippen molar-refractivity contribution in [2.75, 3.05) is 5.73 Å². The highest BCUT2D eigenvalue weighted by molar-refractivity contribution is 5.47. The summed E-state index contributed by atoms with van der Waals surface area (Å²) in [6, 6.07) is 2.36. The molecular weight excluding hydrogens is 164 g/mol. The lowest BCUT2D eigenvalue weighted by atomic mass is 10.2. The molecule has 2 N–H and O–H groups in total. The number of aromatic nitrogens is 2. The summed E-state index contributed by atoms with van der Waals surface area (Å²) in [5, 5.41) is 12.8. The summed E-state index contributed by atoms with van der Waals surface area (Å²) in [6.45, 7) is 2.10. The maximum Gasteiger partial charge on any atom is 0.140 e. The average Bonchev–Trinajstić information content (AvgIpc) is 2.89. The first-order chi connectivity index (χ1) is 6.24. The van der Waals surface area contributed by atoms with E-state index < -0.39 is 0 Å². The predicted molar refractivity (Wildman–Crippen MR) is 48.8 cm³/mol. The van der Waals surface area contributed by atoms with Crippen LogP contribution in [0.3, 0.4) is 0 Å². The SMILES string of the molecule is CC(C1CC1)n1ncc(C#N)c1N. The van der Waals surface area contributed by atoms with Gasteiger partial charge in [0.25, 0.3) is 0 Å². The zero-order valence-electron chi connectivity index (χ0n) is 7.57. The second kappa shape index (κ2) is 2.77. The zero-order chi connectivity index (χ0) is 9.42. The Kier molecular flexibility index (Phi) is 1.73. The van der Waals surface area contributed by atoms with Gasteiger partial charge < -0.3 is 5.73 Å². The minimum Gasteiger partial charge on any atom is -0.383 e. The molecule has 0 spiro atoms. The van der Waals surface area contributed by atoms with Crippen LogP contribution in [0.5, 0.6) is 0 Å². The molecule has 0 radical (unpaired) electrons. The van der Waals surface area contributed by atoms with Crippen LogP contribution >= 0.6 is 0 Å². The Balaban J connectivity index is 2.30. The molecule has 1 aromatic heterocycles. The number of hydrogen-bond donors (Lipinski definition) is 1. The molecule has 1 saturated carbocycles. The molecule has 4 nitrogen and oxygen atoms in total. The molecule has 1 aromatic rings. The fourth-order valence-electron chi connectivity index (χ4n) is 1.56. The molecule has 0 saturated heterocycles. The average molecular weight is 176 g/mol. The van der Waals surface area contributed by atoms with Crippen LogP contribution in [0, 0.1) is 17.2 Å². The Hall–Kier alpha value is -1.50. The van der Waals surface area contributed by atoms with Gasteiger partial charge in [0.2, 0.25) is 0 Å². The Morgan fingerprint density at radius 2 is 2.46 bits per heavy atom. The third kappa shape index (κ3) is 1.26. The molecule has 0 aromatic carbocycles. The van der Waals surface area contributed by atoms with Crippen LogP contribution in [0.1, 0.15) is 31.4 Å². The molecule has 4 heteroatoms. The van der Waals surface area contributed by atoms with Crippen molar-refractivity contribution in [1.29, 1.82) is 5.26 Å². The van der Waals surface area contributed by atoms with E-state index in [0.717, 1.165) is 0 Å². The van der Waals surface area contributed by atoms with Gasteiger partial charge in [0.05, 0.1) is 12.2 Å². The van der Waals surface area contributed by atoms with Crippen LogP contribution < -0.4 is 5.73 Å². The standard InChI is InChI=1S/C9H12N4/c1-6(7-2-3-7)13-9(11)8(4-10)5-12-13/h5-7H,2-3,11H2,1H3. The minimum absolute atomic E-state index is 0.335. The van der Waals surface area contributed by atoms with Gasteiger partial charge in [-0.05, 0) is 25.7 Å². The third-order valence-electron chi connectivity index (χ3n) is 2.64. The number of nitrogens with zero attached hydrogens (tertiary/aromatic N) is 3. The quantitative estimate of drug-likeness (QED) is 0.738. The highest BCUT2D eigenvalue weighted by atomic mass is 15.3. The summed E-state index contributed by atoms with van der Waals surface area (Å²) in [4.78, 5) is 0. The van der Waals surface area contributed by atoms with Crippen LogP contribution in [-0.4, -0.2) is 9.78 Å². The molecule has 13 heavy (non-hydrogen) atoms. The van der Waals surface area contributed by atoms with Crippen LogP contribution in [0.4, 0.5) is 5.82 Å². The number of nitrogen functional groups attached to an aromatic ring is 1. The molecule has 1 aliphatic rings. The van der Waals surface area contributed by atoms with E-state index in [9.17, 15) is 0 Å². The summed E-state index contributed by atoms with van der Waals surface area (Å²) in [5.41, 5.74) is 6.24. The smallest absolute Gasteiger partial charge is 0.140 e. The Labute approximate surface area is 77.0 Å². The molecule has 1 unspecified atom stereocenters. The monoisotopic (exact) mass is 176 g/mol. The molecule has 0 bridgehead atoms. The van der Waals surface area contributed by atoms with E-state index in [2.05, 4.69) is 12.0 Å². The molecule has 1 fully saturated rings. The van der Waals surface area contributed by atoms with Gasteiger partial charge >= 0.3 is 0 Å². The van der Waals surface area contributed by atoms with Crippen LogP contribution in [-0.2, 0) is 0 Å². The summed E-state index contributed by atoms with van der Waals surface area (Å²) in [7, 11) is 0. The van der Waals surface area contributed by atoms with Crippen molar-refractivity contribution in [2.45, 2.75) is 25.8 Å². The lowest BCUT2D eigenvalue weighted by molar-refractivity contribution is 0.446. The van der Waals surface area contributed by atoms with Crippen molar-refractivity contribution in [3.8, 4) is 6.07 Å². The lowest BCUT2D eigenvalue weighted by Gasteiger charge is -2.11. The largest absolute Gasteiger partial charge is 0.383 e. The number of anilines is 1. The fraction of sp³-hybridized carbons (Fsp3) is 0.556. The van der Waals surface area contributed by atoms with Gasteiger partial charge in [-0.15, -0.1) is 0 Å². The fourth-order valence-corrected chi connectivity index (χ4v) is 1.56. The van der Waals surface area contributed by atoms with Crippen LogP contribution in [0.25, 0.3) is 0 Å². The first kappa shape index (κ1) is 8.11. The summed E-state index contributed by atoms with van der Waals surface area (Å²) >= 11 is 0. The number of rotatable bonds is 2. The van der Waals surface area contributed by atoms with Crippen LogP contribution in [0.15, 0.2) is 6.20 Å². The molecule has 1 heterocycles. The van der Waals surface area contributed by atoms with Gasteiger partial charge in [0.15, 0.2) is 0 Å². The Morgan fingerprint density at radius 3 is 2.92 bits per heavy atom. The van der Waals surface area contributed by atoms with E-state index in [1.807, 2.05) is 6.07 Å². The number of nitrogens with two attached hydrogens (primary N) is 1. The van der Waals surface area contributed by atoms with Gasteiger partial charge in [0.1, 0.15) is 17.5 Å². The maximum atomic E-state index is 8.68. The predicted octanol–water partition coefficient (Wildman–Crippen LogP) is 1.31. The normalized spacial score (nSPS) is 18.2. The number of hydrogen-bond acceptors (Lipinski definition) is 3. The van der Waals surface area contributed by atoms with Crippen molar-refractivity contribution < 1.29 is 0 Å². The van der Waals surface area contributed by atoms with Crippen molar-refractivity contribution >= 4 is 5.82 Å². The van der Waals surface area contributed by atoms with E-state index in [-0.39, 0.29) is 0 Å². The van der Waals surface area contributed by atoms with Gasteiger partial charge in [-0.1, -0.05) is 0 Å². The molecule has 68 valence electrons. The van der Waals surface area contributed by atoms with E-state index in [1.165, 1.54) is 19.0 Å². The highest BCUT2D eigenvalue weighted by Gasteiger charge is 2.30. The first-order valence-corrected chi connectivity index (χ1v) is 4.47. The first-order valence-electron chi connectivity index (χ1n) is 4.47.